The van der Waals surface area contributed by atoms with Crippen LogP contribution in [-0.4, -0.2) is 57.9 Å². The molecule has 0 aliphatic carbocycles. The number of hydrogen-bond acceptors (Lipinski definition) is 5. The van der Waals surface area contributed by atoms with Crippen LogP contribution in [0.15, 0.2) is 18.5 Å². The van der Waals surface area contributed by atoms with Crippen LogP contribution in [0.4, 0.5) is 4.79 Å². The topological polar surface area (TPSA) is 69.5 Å². The van der Waals surface area contributed by atoms with Gasteiger partial charge in [-0.2, -0.15) is 0 Å². The van der Waals surface area contributed by atoms with E-state index in [0.717, 1.165) is 49.2 Å². The van der Waals surface area contributed by atoms with E-state index in [1.54, 1.807) is 13.3 Å². The number of hydrogen-bond donors (Lipinski definition) is 0. The third-order valence-electron chi connectivity index (χ3n) is 4.75. The number of imidazole rings is 1. The summed E-state index contributed by atoms with van der Waals surface area (Å²) in [6.07, 6.45) is 6.27. The maximum atomic E-state index is 12.5. The smallest absolute Gasteiger partial charge is 0.410 e. The normalized spacial score (nSPS) is 18.1. The van der Waals surface area contributed by atoms with Crippen LogP contribution in [-0.2, 0) is 16.0 Å². The zero-order chi connectivity index (χ0) is 19.4. The number of methoxy groups -OCH3 is 1. The molecule has 7 nitrogen and oxygen atoms in total. The minimum Gasteiger partial charge on any atom is -0.444 e. The van der Waals surface area contributed by atoms with Crippen molar-refractivity contribution in [3.05, 3.63) is 24.3 Å². The summed E-state index contributed by atoms with van der Waals surface area (Å²) in [5.41, 5.74) is 1.51. The number of carbonyl (C=O) groups excluding carboxylic acids is 1. The fraction of sp³-hybridized carbons (Fsp3) is 0.650. The third-order valence-corrected chi connectivity index (χ3v) is 4.75. The molecule has 27 heavy (non-hydrogen) atoms. The molecule has 1 amide bonds. The van der Waals surface area contributed by atoms with E-state index in [0.29, 0.717) is 13.2 Å². The summed E-state index contributed by atoms with van der Waals surface area (Å²) in [6, 6.07) is 1.94. The maximum absolute atomic E-state index is 12.5. The van der Waals surface area contributed by atoms with Crippen LogP contribution in [0.5, 0.6) is 0 Å². The van der Waals surface area contributed by atoms with Crippen molar-refractivity contribution in [2.24, 2.45) is 0 Å². The molecule has 0 radical (unpaired) electrons. The number of rotatable bonds is 5. The summed E-state index contributed by atoms with van der Waals surface area (Å²) in [4.78, 5) is 23.5. The van der Waals surface area contributed by atoms with Crippen molar-refractivity contribution in [3.8, 4) is 0 Å². The SMILES string of the molecule is COCCCn1c([C@@H]2CCCN(C(=O)OC(C)(C)C)C2)nc2ccncc21. The summed E-state index contributed by atoms with van der Waals surface area (Å²) in [7, 11) is 1.72. The van der Waals surface area contributed by atoms with Gasteiger partial charge in [-0.3, -0.25) is 4.98 Å². The molecule has 3 heterocycles. The monoisotopic (exact) mass is 374 g/mol. The van der Waals surface area contributed by atoms with Gasteiger partial charge in [0.25, 0.3) is 0 Å². The quantitative estimate of drug-likeness (QED) is 0.748. The molecular formula is C20H30N4O3. The number of fused-ring (bicyclic) bond motifs is 1. The van der Waals surface area contributed by atoms with Gasteiger partial charge in [-0.1, -0.05) is 0 Å². The van der Waals surface area contributed by atoms with Gasteiger partial charge in [-0.15, -0.1) is 0 Å². The van der Waals surface area contributed by atoms with Gasteiger partial charge < -0.3 is 18.9 Å². The Balaban J connectivity index is 1.83. The van der Waals surface area contributed by atoms with Crippen molar-refractivity contribution in [2.75, 3.05) is 26.8 Å². The predicted octanol–water partition coefficient (Wildman–Crippen LogP) is 3.58. The van der Waals surface area contributed by atoms with Crippen LogP contribution in [0.1, 0.15) is 51.8 Å². The van der Waals surface area contributed by atoms with Crippen molar-refractivity contribution in [2.45, 2.75) is 58.1 Å². The summed E-state index contributed by atoms with van der Waals surface area (Å²) in [6.45, 7) is 8.59. The highest BCUT2D eigenvalue weighted by molar-refractivity contribution is 5.75. The first-order chi connectivity index (χ1) is 12.9. The number of aromatic nitrogens is 3. The fourth-order valence-electron chi connectivity index (χ4n) is 3.58. The van der Waals surface area contributed by atoms with E-state index in [4.69, 9.17) is 14.5 Å². The van der Waals surface area contributed by atoms with Gasteiger partial charge in [0.15, 0.2) is 0 Å². The Morgan fingerprint density at radius 3 is 2.93 bits per heavy atom. The van der Waals surface area contributed by atoms with Crippen LogP contribution in [0, 0.1) is 0 Å². The summed E-state index contributed by atoms with van der Waals surface area (Å²) in [5.74, 6) is 1.23. The van der Waals surface area contributed by atoms with Gasteiger partial charge in [-0.05, 0) is 46.1 Å². The molecule has 1 aliphatic heterocycles. The van der Waals surface area contributed by atoms with Crippen molar-refractivity contribution >= 4 is 17.1 Å². The maximum Gasteiger partial charge on any atom is 0.410 e. The fourth-order valence-corrected chi connectivity index (χ4v) is 3.58. The van der Waals surface area contributed by atoms with Crippen molar-refractivity contribution in [3.63, 3.8) is 0 Å². The average Bonchev–Trinajstić information content (AvgIpc) is 2.99. The lowest BCUT2D eigenvalue weighted by atomic mass is 9.97. The van der Waals surface area contributed by atoms with Gasteiger partial charge in [0.1, 0.15) is 11.4 Å². The molecule has 0 spiro atoms. The first-order valence-electron chi connectivity index (χ1n) is 9.66. The van der Waals surface area contributed by atoms with Gasteiger partial charge in [0, 0.05) is 45.5 Å². The molecule has 1 saturated heterocycles. The third kappa shape index (κ3) is 4.77. The molecule has 1 fully saturated rings. The molecule has 2 aromatic heterocycles. The molecular weight excluding hydrogens is 344 g/mol. The standard InChI is InChI=1S/C20H30N4O3/c1-20(2,3)27-19(25)23-10-5-7-15(14-23)18-22-16-8-9-21-13-17(16)24(18)11-6-12-26-4/h8-9,13,15H,5-7,10-12,14H2,1-4H3/t15-/m1/s1. The van der Waals surface area contributed by atoms with Crippen LogP contribution in [0.3, 0.4) is 0 Å². The number of ether oxygens (including phenoxy) is 2. The highest BCUT2D eigenvalue weighted by Crippen LogP contribution is 2.30. The molecule has 148 valence electrons. The molecule has 0 N–H and O–H groups in total. The number of carbonyl (C=O) groups is 1. The van der Waals surface area contributed by atoms with Crippen molar-refractivity contribution < 1.29 is 14.3 Å². The molecule has 0 aromatic carbocycles. The zero-order valence-corrected chi connectivity index (χ0v) is 16.8. The second kappa shape index (κ2) is 8.25. The largest absolute Gasteiger partial charge is 0.444 e. The molecule has 0 saturated carbocycles. The Morgan fingerprint density at radius 2 is 2.19 bits per heavy atom. The number of pyridine rings is 1. The molecule has 1 atom stereocenters. The van der Waals surface area contributed by atoms with Crippen LogP contribution >= 0.6 is 0 Å². The van der Waals surface area contributed by atoms with E-state index >= 15 is 0 Å². The Hall–Kier alpha value is -2.15. The lowest BCUT2D eigenvalue weighted by molar-refractivity contribution is 0.0195. The summed E-state index contributed by atoms with van der Waals surface area (Å²) < 4.78 is 13.0. The van der Waals surface area contributed by atoms with Crippen LogP contribution in [0.2, 0.25) is 0 Å². The lowest BCUT2D eigenvalue weighted by Gasteiger charge is -2.34. The van der Waals surface area contributed by atoms with Crippen molar-refractivity contribution in [1.29, 1.82) is 0 Å². The number of piperidine rings is 1. The number of nitrogens with zero attached hydrogens (tertiary/aromatic N) is 4. The molecule has 3 rings (SSSR count). The molecule has 2 aromatic rings. The molecule has 0 bridgehead atoms. The van der Waals surface area contributed by atoms with E-state index in [-0.39, 0.29) is 12.0 Å². The van der Waals surface area contributed by atoms with Crippen molar-refractivity contribution in [1.82, 2.24) is 19.4 Å². The highest BCUT2D eigenvalue weighted by atomic mass is 16.6. The Labute approximate surface area is 160 Å². The first-order valence-corrected chi connectivity index (χ1v) is 9.66. The Morgan fingerprint density at radius 1 is 1.37 bits per heavy atom. The van der Waals surface area contributed by atoms with E-state index in [9.17, 15) is 4.79 Å². The van der Waals surface area contributed by atoms with Gasteiger partial charge >= 0.3 is 6.09 Å². The second-order valence-corrected chi connectivity index (χ2v) is 8.10. The number of likely N-dealkylation sites (tertiary alicyclic amines) is 1. The number of amides is 1. The van der Waals surface area contributed by atoms with Crippen LogP contribution < -0.4 is 0 Å². The minimum atomic E-state index is -0.483. The summed E-state index contributed by atoms with van der Waals surface area (Å²) >= 11 is 0. The average molecular weight is 374 g/mol. The van der Waals surface area contributed by atoms with Gasteiger partial charge in [0.05, 0.1) is 17.2 Å². The molecule has 1 aliphatic rings. The first kappa shape index (κ1) is 19.6. The molecule has 0 unspecified atom stereocenters. The zero-order valence-electron chi connectivity index (χ0n) is 16.8. The van der Waals surface area contributed by atoms with Gasteiger partial charge in [0.2, 0.25) is 0 Å². The van der Waals surface area contributed by atoms with E-state index in [1.165, 1.54) is 0 Å². The number of aryl methyl sites for hydroxylation is 1. The summed E-state index contributed by atoms with van der Waals surface area (Å²) in [5, 5.41) is 0. The van der Waals surface area contributed by atoms with E-state index in [1.807, 2.05) is 37.9 Å². The molecule has 7 heteroatoms. The highest BCUT2D eigenvalue weighted by Gasteiger charge is 2.31. The lowest BCUT2D eigenvalue weighted by Crippen LogP contribution is -2.42. The van der Waals surface area contributed by atoms with Gasteiger partial charge in [-0.25, -0.2) is 9.78 Å². The van der Waals surface area contributed by atoms with E-state index in [2.05, 4.69) is 9.55 Å². The minimum absolute atomic E-state index is 0.196. The predicted molar refractivity (Wildman–Crippen MR) is 104 cm³/mol. The Kier molecular flexibility index (Phi) is 5.99. The second-order valence-electron chi connectivity index (χ2n) is 8.10. The Bertz CT molecular complexity index is 781. The van der Waals surface area contributed by atoms with Crippen LogP contribution in [0.25, 0.3) is 11.0 Å². The van der Waals surface area contributed by atoms with E-state index < -0.39 is 5.60 Å².